The Morgan fingerprint density at radius 3 is 2.71 bits per heavy atom. The van der Waals surface area contributed by atoms with Gasteiger partial charge < -0.3 is 5.32 Å². The first-order valence-corrected chi connectivity index (χ1v) is 7.34. The maximum atomic E-state index is 12.5. The minimum Gasteiger partial charge on any atom is -0.354 e. The fourth-order valence-corrected chi connectivity index (χ4v) is 2.92. The van der Waals surface area contributed by atoms with Crippen LogP contribution in [0.2, 0.25) is 0 Å². The van der Waals surface area contributed by atoms with Crippen molar-refractivity contribution >= 4 is 28.3 Å². The van der Waals surface area contributed by atoms with Crippen LogP contribution >= 0.6 is 0 Å². The summed E-state index contributed by atoms with van der Waals surface area (Å²) in [6.07, 6.45) is 2.40. The van der Waals surface area contributed by atoms with Crippen molar-refractivity contribution in [3.63, 3.8) is 0 Å². The fraction of sp³-hybridized carbons (Fsp3) is 0.294. The molecule has 1 N–H and O–H groups in total. The van der Waals surface area contributed by atoms with Crippen LogP contribution in [0.1, 0.15) is 23.2 Å². The van der Waals surface area contributed by atoms with E-state index < -0.39 is 0 Å². The van der Waals surface area contributed by atoms with Crippen LogP contribution < -0.4 is 10.2 Å². The third-order valence-electron chi connectivity index (χ3n) is 4.24. The standard InChI is InChI=1S/C17H16N2O2/c20-15(18-9-11-7-8-11)10-19-14-6-2-4-12-3-1-5-13(16(12)14)17(19)21/h1-6,11H,7-10H2,(H,18,20). The second-order valence-electron chi connectivity index (χ2n) is 5.82. The first kappa shape index (κ1) is 12.4. The van der Waals surface area contributed by atoms with Gasteiger partial charge in [-0.3, -0.25) is 14.5 Å². The molecule has 4 rings (SSSR count). The highest BCUT2D eigenvalue weighted by Gasteiger charge is 2.31. The summed E-state index contributed by atoms with van der Waals surface area (Å²) in [5.74, 6) is 0.479. The van der Waals surface area contributed by atoms with Gasteiger partial charge >= 0.3 is 0 Å². The van der Waals surface area contributed by atoms with Gasteiger partial charge in [-0.1, -0.05) is 24.3 Å². The number of carbonyl (C=O) groups excluding carboxylic acids is 2. The highest BCUT2D eigenvalue weighted by Crippen LogP contribution is 2.36. The Morgan fingerprint density at radius 2 is 1.95 bits per heavy atom. The van der Waals surface area contributed by atoms with Crippen molar-refractivity contribution in [3.05, 3.63) is 42.0 Å². The second-order valence-corrected chi connectivity index (χ2v) is 5.82. The van der Waals surface area contributed by atoms with Crippen molar-refractivity contribution in [2.24, 2.45) is 5.92 Å². The molecule has 0 spiro atoms. The van der Waals surface area contributed by atoms with Crippen LogP contribution in [0.3, 0.4) is 0 Å². The zero-order valence-electron chi connectivity index (χ0n) is 11.6. The Hall–Kier alpha value is -2.36. The average Bonchev–Trinajstić information content (AvgIpc) is 3.29. The van der Waals surface area contributed by atoms with E-state index in [1.807, 2.05) is 36.4 Å². The zero-order valence-corrected chi connectivity index (χ0v) is 11.6. The van der Waals surface area contributed by atoms with Crippen molar-refractivity contribution in [1.82, 2.24) is 5.32 Å². The predicted molar refractivity (Wildman–Crippen MR) is 81.4 cm³/mol. The summed E-state index contributed by atoms with van der Waals surface area (Å²) in [6.45, 7) is 0.831. The average molecular weight is 280 g/mol. The van der Waals surface area contributed by atoms with E-state index in [0.29, 0.717) is 11.5 Å². The summed E-state index contributed by atoms with van der Waals surface area (Å²) < 4.78 is 0. The smallest absolute Gasteiger partial charge is 0.259 e. The Labute approximate surface area is 122 Å². The molecule has 21 heavy (non-hydrogen) atoms. The summed E-state index contributed by atoms with van der Waals surface area (Å²) in [6, 6.07) is 11.5. The molecule has 0 saturated heterocycles. The number of hydrogen-bond acceptors (Lipinski definition) is 2. The van der Waals surface area contributed by atoms with Gasteiger partial charge in [-0.15, -0.1) is 0 Å². The minimum absolute atomic E-state index is 0.0802. The van der Waals surface area contributed by atoms with Crippen LogP contribution in [0.25, 0.3) is 10.8 Å². The van der Waals surface area contributed by atoms with Gasteiger partial charge in [0.1, 0.15) is 6.54 Å². The number of nitrogens with one attached hydrogen (secondary N) is 1. The summed E-state index contributed by atoms with van der Waals surface area (Å²) in [7, 11) is 0. The molecule has 0 bridgehead atoms. The van der Waals surface area contributed by atoms with Gasteiger partial charge in [-0.2, -0.15) is 0 Å². The first-order valence-electron chi connectivity index (χ1n) is 7.34. The van der Waals surface area contributed by atoms with Gasteiger partial charge in [0, 0.05) is 17.5 Å². The van der Waals surface area contributed by atoms with E-state index in [1.165, 1.54) is 12.8 Å². The molecule has 4 heteroatoms. The van der Waals surface area contributed by atoms with E-state index in [1.54, 1.807) is 4.90 Å². The monoisotopic (exact) mass is 280 g/mol. The molecule has 0 unspecified atom stereocenters. The van der Waals surface area contributed by atoms with Gasteiger partial charge in [0.05, 0.1) is 5.69 Å². The van der Waals surface area contributed by atoms with Gasteiger partial charge in [0.15, 0.2) is 0 Å². The predicted octanol–water partition coefficient (Wildman–Crippen LogP) is 2.33. The van der Waals surface area contributed by atoms with Crippen molar-refractivity contribution in [1.29, 1.82) is 0 Å². The highest BCUT2D eigenvalue weighted by molar-refractivity contribution is 6.26. The van der Waals surface area contributed by atoms with E-state index in [-0.39, 0.29) is 18.4 Å². The third-order valence-corrected chi connectivity index (χ3v) is 4.24. The lowest BCUT2D eigenvalue weighted by Crippen LogP contribution is -2.39. The summed E-state index contributed by atoms with van der Waals surface area (Å²) in [5.41, 5.74) is 1.53. The van der Waals surface area contributed by atoms with Crippen molar-refractivity contribution in [3.8, 4) is 0 Å². The molecule has 1 saturated carbocycles. The molecule has 0 radical (unpaired) electrons. The number of benzene rings is 2. The molecule has 0 atom stereocenters. The van der Waals surface area contributed by atoms with Gasteiger partial charge in [0.2, 0.25) is 5.91 Å². The summed E-state index contributed by atoms with van der Waals surface area (Å²) in [4.78, 5) is 26.1. The zero-order chi connectivity index (χ0) is 14.4. The number of rotatable bonds is 4. The lowest BCUT2D eigenvalue weighted by atomic mass is 10.1. The first-order chi connectivity index (χ1) is 10.2. The van der Waals surface area contributed by atoms with Crippen molar-refractivity contribution < 1.29 is 9.59 Å². The Kier molecular flexibility index (Phi) is 2.70. The number of hydrogen-bond donors (Lipinski definition) is 1. The van der Waals surface area contributed by atoms with Crippen LogP contribution in [0.4, 0.5) is 5.69 Å². The molecular formula is C17H16N2O2. The number of amides is 2. The molecule has 2 aromatic carbocycles. The van der Waals surface area contributed by atoms with Crippen LogP contribution in [-0.2, 0) is 4.79 Å². The number of carbonyl (C=O) groups is 2. The van der Waals surface area contributed by atoms with Crippen LogP contribution in [0, 0.1) is 5.92 Å². The second kappa shape index (κ2) is 4.58. The SMILES string of the molecule is O=C(CN1C(=O)c2cccc3cccc1c23)NCC1CC1. The third kappa shape index (κ3) is 2.07. The number of anilines is 1. The molecule has 1 aliphatic carbocycles. The fourth-order valence-electron chi connectivity index (χ4n) is 2.92. The molecule has 4 nitrogen and oxygen atoms in total. The van der Waals surface area contributed by atoms with E-state index in [4.69, 9.17) is 0 Å². The molecule has 1 aliphatic heterocycles. The number of nitrogens with zero attached hydrogens (tertiary/aromatic N) is 1. The van der Waals surface area contributed by atoms with E-state index in [2.05, 4.69) is 5.32 Å². The normalized spacial score (nSPS) is 16.6. The van der Waals surface area contributed by atoms with Crippen molar-refractivity contribution in [2.45, 2.75) is 12.8 Å². The van der Waals surface area contributed by atoms with Gasteiger partial charge in [-0.05, 0) is 36.3 Å². The molecule has 1 fully saturated rings. The van der Waals surface area contributed by atoms with Crippen LogP contribution in [-0.4, -0.2) is 24.9 Å². The van der Waals surface area contributed by atoms with Crippen molar-refractivity contribution in [2.75, 3.05) is 18.0 Å². The maximum absolute atomic E-state index is 12.5. The molecule has 2 aliphatic rings. The van der Waals surface area contributed by atoms with Gasteiger partial charge in [-0.25, -0.2) is 0 Å². The van der Waals surface area contributed by atoms with E-state index >= 15 is 0 Å². The summed E-state index contributed by atoms with van der Waals surface area (Å²) in [5, 5.41) is 4.92. The van der Waals surface area contributed by atoms with Gasteiger partial charge in [0.25, 0.3) is 5.91 Å². The minimum atomic E-state index is -0.0833. The molecule has 0 aromatic heterocycles. The Balaban J connectivity index is 1.61. The quantitative estimate of drug-likeness (QED) is 0.934. The summed E-state index contributed by atoms with van der Waals surface area (Å²) >= 11 is 0. The Morgan fingerprint density at radius 1 is 1.19 bits per heavy atom. The van der Waals surface area contributed by atoms with Crippen LogP contribution in [0.5, 0.6) is 0 Å². The Bertz CT molecular complexity index is 744. The molecule has 2 amide bonds. The lowest BCUT2D eigenvalue weighted by Gasteiger charge is -2.17. The molecule has 106 valence electrons. The maximum Gasteiger partial charge on any atom is 0.259 e. The van der Waals surface area contributed by atoms with E-state index in [9.17, 15) is 9.59 Å². The molecular weight excluding hydrogens is 264 g/mol. The largest absolute Gasteiger partial charge is 0.354 e. The highest BCUT2D eigenvalue weighted by atomic mass is 16.2. The van der Waals surface area contributed by atoms with Crippen LogP contribution in [0.15, 0.2) is 36.4 Å². The molecule has 2 aromatic rings. The lowest BCUT2D eigenvalue weighted by molar-refractivity contribution is -0.119. The van der Waals surface area contributed by atoms with E-state index in [0.717, 1.165) is 23.0 Å². The molecule has 1 heterocycles. The topological polar surface area (TPSA) is 49.4 Å².